The van der Waals surface area contributed by atoms with E-state index in [0.717, 1.165) is 3.57 Å². The van der Waals surface area contributed by atoms with Crippen LogP contribution in [0.15, 0.2) is 42.5 Å². The molecule has 0 saturated heterocycles. The number of hydrogen-bond donors (Lipinski definition) is 2. The third kappa shape index (κ3) is 4.13. The Morgan fingerprint density at radius 2 is 2.04 bits per heavy atom. The summed E-state index contributed by atoms with van der Waals surface area (Å²) in [5.41, 5.74) is 1.10. The summed E-state index contributed by atoms with van der Waals surface area (Å²) in [6, 6.07) is 12.5. The number of hydrogen-bond acceptors (Lipinski definition) is 4. The van der Waals surface area contributed by atoms with E-state index in [1.165, 1.54) is 0 Å². The van der Waals surface area contributed by atoms with Gasteiger partial charge in [-0.3, -0.25) is 9.59 Å². The summed E-state index contributed by atoms with van der Waals surface area (Å²) in [4.78, 5) is 23.2. The van der Waals surface area contributed by atoms with Gasteiger partial charge in [-0.2, -0.15) is 0 Å². The van der Waals surface area contributed by atoms with Crippen molar-refractivity contribution in [3.05, 3.63) is 46.0 Å². The van der Waals surface area contributed by atoms with Crippen molar-refractivity contribution in [2.75, 3.05) is 23.8 Å². The van der Waals surface area contributed by atoms with E-state index < -0.39 is 0 Å². The van der Waals surface area contributed by atoms with Crippen molar-refractivity contribution in [1.29, 1.82) is 0 Å². The van der Waals surface area contributed by atoms with E-state index in [9.17, 15) is 9.59 Å². The molecule has 1 aliphatic rings. The molecule has 2 aromatic rings. The first-order valence-electron chi connectivity index (χ1n) is 6.85. The number of rotatable bonds is 4. The maximum atomic E-state index is 11.9. The first kappa shape index (κ1) is 15.6. The van der Waals surface area contributed by atoms with Crippen molar-refractivity contribution < 1.29 is 19.1 Å². The lowest BCUT2D eigenvalue weighted by molar-refractivity contribution is -0.119. The maximum absolute atomic E-state index is 11.9. The summed E-state index contributed by atoms with van der Waals surface area (Å²) in [5, 5.41) is 5.41. The zero-order valence-electron chi connectivity index (χ0n) is 12.0. The fourth-order valence-corrected chi connectivity index (χ4v) is 2.40. The predicted octanol–water partition coefficient (Wildman–Crippen LogP) is 2.64. The van der Waals surface area contributed by atoms with Crippen molar-refractivity contribution >= 4 is 45.8 Å². The molecule has 0 fully saturated rings. The quantitative estimate of drug-likeness (QED) is 0.741. The topological polar surface area (TPSA) is 76.7 Å². The Balaban J connectivity index is 1.58. The molecule has 3 rings (SSSR count). The van der Waals surface area contributed by atoms with Crippen molar-refractivity contribution in [2.45, 2.75) is 0 Å². The number of fused-ring (bicyclic) bond motifs is 1. The van der Waals surface area contributed by atoms with Crippen LogP contribution in [0.5, 0.6) is 11.5 Å². The molecule has 7 heteroatoms. The SMILES string of the molecule is O=C(COc1ccc(I)cc1)Nc1ccc2c(c1)NC(=O)CO2. The van der Waals surface area contributed by atoms with Gasteiger partial charge in [0.15, 0.2) is 13.2 Å². The summed E-state index contributed by atoms with van der Waals surface area (Å²) in [5.74, 6) is 0.707. The van der Waals surface area contributed by atoms with Gasteiger partial charge in [0.25, 0.3) is 11.8 Å². The third-order valence-corrected chi connectivity index (χ3v) is 3.80. The second-order valence-electron chi connectivity index (χ2n) is 4.84. The van der Waals surface area contributed by atoms with E-state index in [4.69, 9.17) is 9.47 Å². The van der Waals surface area contributed by atoms with Crippen molar-refractivity contribution in [3.8, 4) is 11.5 Å². The second-order valence-corrected chi connectivity index (χ2v) is 6.08. The molecule has 2 amide bonds. The van der Waals surface area contributed by atoms with Gasteiger partial charge in [-0.25, -0.2) is 0 Å². The normalized spacial score (nSPS) is 12.7. The molecular weight excluding hydrogens is 411 g/mol. The number of carbonyl (C=O) groups is 2. The van der Waals surface area contributed by atoms with Crippen molar-refractivity contribution in [1.82, 2.24) is 0 Å². The third-order valence-electron chi connectivity index (χ3n) is 3.08. The Labute approximate surface area is 146 Å². The van der Waals surface area contributed by atoms with Crippen LogP contribution in [-0.4, -0.2) is 25.0 Å². The number of benzene rings is 2. The van der Waals surface area contributed by atoms with E-state index in [-0.39, 0.29) is 25.0 Å². The van der Waals surface area contributed by atoms with Crippen LogP contribution in [0.25, 0.3) is 0 Å². The number of ether oxygens (including phenoxy) is 2. The first-order valence-corrected chi connectivity index (χ1v) is 7.93. The van der Waals surface area contributed by atoms with E-state index >= 15 is 0 Å². The lowest BCUT2D eigenvalue weighted by Gasteiger charge is -2.18. The number of anilines is 2. The molecule has 2 aromatic carbocycles. The molecule has 1 aliphatic heterocycles. The smallest absolute Gasteiger partial charge is 0.262 e. The van der Waals surface area contributed by atoms with Gasteiger partial charge in [0.2, 0.25) is 0 Å². The standard InChI is InChI=1S/C16H13IN2O4/c17-10-1-4-12(5-2-10)22-8-15(20)18-11-3-6-14-13(7-11)19-16(21)9-23-14/h1-7H,8-9H2,(H,18,20)(H,19,21). The molecule has 6 nitrogen and oxygen atoms in total. The van der Waals surface area contributed by atoms with E-state index in [1.807, 2.05) is 12.1 Å². The Bertz CT molecular complexity index is 746. The summed E-state index contributed by atoms with van der Waals surface area (Å²) in [6.07, 6.45) is 0. The highest BCUT2D eigenvalue weighted by Gasteiger charge is 2.16. The van der Waals surface area contributed by atoms with Gasteiger partial charge in [0, 0.05) is 9.26 Å². The van der Waals surface area contributed by atoms with Gasteiger partial charge >= 0.3 is 0 Å². The number of nitrogens with one attached hydrogen (secondary N) is 2. The minimum atomic E-state index is -0.286. The van der Waals surface area contributed by atoms with E-state index in [1.54, 1.807) is 30.3 Å². The van der Waals surface area contributed by atoms with Gasteiger partial charge in [0.05, 0.1) is 5.69 Å². The van der Waals surface area contributed by atoms with Crippen LogP contribution in [-0.2, 0) is 9.59 Å². The number of halogens is 1. The van der Waals surface area contributed by atoms with Gasteiger partial charge < -0.3 is 20.1 Å². The fourth-order valence-electron chi connectivity index (χ4n) is 2.04. The van der Waals surface area contributed by atoms with Crippen LogP contribution in [0.2, 0.25) is 0 Å². The fraction of sp³-hybridized carbons (Fsp3) is 0.125. The lowest BCUT2D eigenvalue weighted by atomic mass is 10.2. The van der Waals surface area contributed by atoms with Gasteiger partial charge in [-0.1, -0.05) is 0 Å². The monoisotopic (exact) mass is 424 g/mol. The molecule has 0 aromatic heterocycles. The average Bonchev–Trinajstić information content (AvgIpc) is 2.54. The summed E-state index contributed by atoms with van der Waals surface area (Å²) in [7, 11) is 0. The lowest BCUT2D eigenvalue weighted by Crippen LogP contribution is -2.25. The number of carbonyl (C=O) groups excluding carboxylic acids is 2. The summed E-state index contributed by atoms with van der Waals surface area (Å²) >= 11 is 2.20. The minimum Gasteiger partial charge on any atom is -0.484 e. The van der Waals surface area contributed by atoms with E-state index in [0.29, 0.717) is 22.9 Å². The Kier molecular flexibility index (Phi) is 4.65. The molecule has 0 unspecified atom stereocenters. The van der Waals surface area contributed by atoms with Gasteiger partial charge in [-0.05, 0) is 65.1 Å². The Morgan fingerprint density at radius 1 is 1.26 bits per heavy atom. The van der Waals surface area contributed by atoms with Crippen LogP contribution in [0.1, 0.15) is 0 Å². The van der Waals surface area contributed by atoms with Crippen LogP contribution in [0, 0.1) is 3.57 Å². The summed E-state index contributed by atoms with van der Waals surface area (Å²) in [6.45, 7) is -0.0942. The van der Waals surface area contributed by atoms with Crippen LogP contribution in [0.3, 0.4) is 0 Å². The molecule has 2 N–H and O–H groups in total. The molecule has 0 bridgehead atoms. The van der Waals surface area contributed by atoms with Crippen LogP contribution < -0.4 is 20.1 Å². The van der Waals surface area contributed by atoms with Gasteiger partial charge in [0.1, 0.15) is 11.5 Å². The minimum absolute atomic E-state index is 0.00254. The van der Waals surface area contributed by atoms with Crippen molar-refractivity contribution in [3.63, 3.8) is 0 Å². The van der Waals surface area contributed by atoms with Crippen LogP contribution in [0.4, 0.5) is 11.4 Å². The molecular formula is C16H13IN2O4. The molecule has 23 heavy (non-hydrogen) atoms. The molecule has 0 spiro atoms. The summed E-state index contributed by atoms with van der Waals surface area (Å²) < 4.78 is 11.8. The Morgan fingerprint density at radius 3 is 2.83 bits per heavy atom. The number of amides is 2. The molecule has 0 atom stereocenters. The predicted molar refractivity (Wildman–Crippen MR) is 93.9 cm³/mol. The largest absolute Gasteiger partial charge is 0.484 e. The van der Waals surface area contributed by atoms with Gasteiger partial charge in [-0.15, -0.1) is 0 Å². The molecule has 118 valence electrons. The molecule has 0 saturated carbocycles. The highest BCUT2D eigenvalue weighted by Crippen LogP contribution is 2.30. The zero-order chi connectivity index (χ0) is 16.2. The molecule has 0 aliphatic carbocycles. The van der Waals surface area contributed by atoms with E-state index in [2.05, 4.69) is 33.2 Å². The van der Waals surface area contributed by atoms with Crippen LogP contribution >= 0.6 is 22.6 Å². The average molecular weight is 424 g/mol. The highest BCUT2D eigenvalue weighted by molar-refractivity contribution is 14.1. The van der Waals surface area contributed by atoms with Crippen molar-refractivity contribution in [2.24, 2.45) is 0 Å². The second kappa shape index (κ2) is 6.86. The maximum Gasteiger partial charge on any atom is 0.262 e. The first-order chi connectivity index (χ1) is 11.1. The highest BCUT2D eigenvalue weighted by atomic mass is 127. The molecule has 0 radical (unpaired) electrons. The Hall–Kier alpha value is -2.29. The zero-order valence-corrected chi connectivity index (χ0v) is 14.1. The molecule has 1 heterocycles.